The van der Waals surface area contributed by atoms with Crippen molar-refractivity contribution in [1.82, 2.24) is 0 Å². The lowest BCUT2D eigenvalue weighted by Gasteiger charge is -2.07. The van der Waals surface area contributed by atoms with E-state index in [0.29, 0.717) is 6.42 Å². The lowest BCUT2D eigenvalue weighted by molar-refractivity contribution is -0.619. The fourth-order valence-electron chi connectivity index (χ4n) is 3.11. The Hall–Kier alpha value is -1.33. The zero-order chi connectivity index (χ0) is 18.2. The van der Waals surface area contributed by atoms with Crippen LogP contribution in [0, 0.1) is 0 Å². The molecule has 6 nitrogen and oxygen atoms in total. The van der Waals surface area contributed by atoms with Gasteiger partial charge in [0.2, 0.25) is 5.22 Å². The van der Waals surface area contributed by atoms with Crippen LogP contribution in [0.2, 0.25) is 0 Å². The molecule has 0 aromatic heterocycles. The molecule has 0 aromatic carbocycles. The van der Waals surface area contributed by atoms with Crippen LogP contribution in [0.3, 0.4) is 0 Å². The van der Waals surface area contributed by atoms with E-state index in [4.69, 9.17) is 0 Å². The SMILES string of the molecule is CCCCCCCCC[N+]1=NN=NC1CCCCCCCC(=O)OC. The van der Waals surface area contributed by atoms with Crippen LogP contribution in [0.5, 0.6) is 0 Å². The summed E-state index contributed by atoms with van der Waals surface area (Å²) >= 11 is 0. The van der Waals surface area contributed by atoms with Gasteiger partial charge in [-0.25, -0.2) is 0 Å². The molecule has 1 aliphatic heterocycles. The third-order valence-corrected chi connectivity index (χ3v) is 4.75. The zero-order valence-corrected chi connectivity index (χ0v) is 16.3. The van der Waals surface area contributed by atoms with Gasteiger partial charge >= 0.3 is 5.97 Å². The van der Waals surface area contributed by atoms with E-state index in [-0.39, 0.29) is 12.1 Å². The first-order valence-corrected chi connectivity index (χ1v) is 10.2. The maximum Gasteiger partial charge on any atom is 0.305 e. The average Bonchev–Trinajstić information content (AvgIpc) is 3.07. The van der Waals surface area contributed by atoms with Crippen LogP contribution < -0.4 is 0 Å². The molecule has 1 atom stereocenters. The summed E-state index contributed by atoms with van der Waals surface area (Å²) in [5.41, 5.74) is 0. The average molecular weight is 354 g/mol. The van der Waals surface area contributed by atoms with E-state index in [9.17, 15) is 4.79 Å². The van der Waals surface area contributed by atoms with Gasteiger partial charge in [0.15, 0.2) is 5.22 Å². The normalized spacial score (nSPS) is 16.2. The summed E-state index contributed by atoms with van der Waals surface area (Å²) in [4.78, 5) is 11.0. The smallest absolute Gasteiger partial charge is 0.305 e. The number of carbonyl (C=O) groups is 1. The maximum absolute atomic E-state index is 11.0. The highest BCUT2D eigenvalue weighted by Crippen LogP contribution is 2.16. The summed E-state index contributed by atoms with van der Waals surface area (Å²) in [6, 6.07) is 0. The summed E-state index contributed by atoms with van der Waals surface area (Å²) in [7, 11) is 1.45. The molecule has 0 saturated carbocycles. The Morgan fingerprint density at radius 3 is 2.28 bits per heavy atom. The third-order valence-electron chi connectivity index (χ3n) is 4.75. The van der Waals surface area contributed by atoms with Crippen molar-refractivity contribution in [3.8, 4) is 0 Å². The summed E-state index contributed by atoms with van der Waals surface area (Å²) in [5, 5.41) is 12.3. The molecule has 0 spiro atoms. The van der Waals surface area contributed by atoms with Gasteiger partial charge in [0, 0.05) is 18.0 Å². The van der Waals surface area contributed by atoms with Gasteiger partial charge in [-0.05, 0) is 25.7 Å². The number of hydrogen-bond acceptors (Lipinski definition) is 5. The van der Waals surface area contributed by atoms with E-state index in [1.54, 1.807) is 0 Å². The number of esters is 1. The Kier molecular flexibility index (Phi) is 13.0. The molecule has 0 amide bonds. The van der Waals surface area contributed by atoms with Gasteiger partial charge in [0.25, 0.3) is 6.17 Å². The number of unbranched alkanes of at least 4 members (excludes halogenated alkanes) is 10. The maximum atomic E-state index is 11.0. The number of nitrogens with zero attached hydrogens (tertiary/aromatic N) is 4. The first-order chi connectivity index (χ1) is 12.3. The predicted octanol–water partition coefficient (Wildman–Crippen LogP) is 5.81. The monoisotopic (exact) mass is 353 g/mol. The summed E-state index contributed by atoms with van der Waals surface area (Å²) in [6.45, 7) is 3.23. The Balaban J connectivity index is 1.98. The quantitative estimate of drug-likeness (QED) is 0.199. The highest BCUT2D eigenvalue weighted by atomic mass is 16.5. The van der Waals surface area contributed by atoms with Crippen molar-refractivity contribution in [2.24, 2.45) is 15.6 Å². The van der Waals surface area contributed by atoms with E-state index in [1.807, 2.05) is 0 Å². The fraction of sp³-hybridized carbons (Fsp3) is 0.947. The number of hydrogen-bond donors (Lipinski definition) is 0. The molecule has 0 N–H and O–H groups in total. The highest BCUT2D eigenvalue weighted by Gasteiger charge is 2.24. The second-order valence-corrected chi connectivity index (χ2v) is 6.94. The van der Waals surface area contributed by atoms with E-state index in [2.05, 4.69) is 31.9 Å². The summed E-state index contributed by atoms with van der Waals surface area (Å²) < 4.78 is 6.70. The van der Waals surface area contributed by atoms with Crippen LogP contribution >= 0.6 is 0 Å². The Morgan fingerprint density at radius 1 is 0.920 bits per heavy atom. The van der Waals surface area contributed by atoms with Gasteiger partial charge in [0.1, 0.15) is 6.54 Å². The molecule has 1 unspecified atom stereocenters. The molecule has 0 aromatic rings. The molecule has 0 bridgehead atoms. The minimum absolute atomic E-state index is 0.103. The number of ether oxygens (including phenoxy) is 1. The number of rotatable bonds is 16. The van der Waals surface area contributed by atoms with Crippen molar-refractivity contribution >= 4 is 5.97 Å². The fourth-order valence-corrected chi connectivity index (χ4v) is 3.11. The summed E-state index contributed by atoms with van der Waals surface area (Å²) in [6.07, 6.45) is 16.4. The van der Waals surface area contributed by atoms with E-state index in [0.717, 1.165) is 38.6 Å². The second-order valence-electron chi connectivity index (χ2n) is 6.94. The molecule has 144 valence electrons. The Morgan fingerprint density at radius 2 is 1.56 bits per heavy atom. The first-order valence-electron chi connectivity index (χ1n) is 10.2. The third kappa shape index (κ3) is 11.0. The molecule has 0 aliphatic carbocycles. The standard InChI is InChI=1S/C19H37N4O2/c1-3-4-5-6-7-11-14-17-23-18(20-21-22-23)15-12-9-8-10-13-16-19(24)25-2/h18H,3-17H2,1-2H3/q+1. The van der Waals surface area contributed by atoms with E-state index < -0.39 is 0 Å². The molecule has 25 heavy (non-hydrogen) atoms. The highest BCUT2D eigenvalue weighted by molar-refractivity contribution is 5.68. The van der Waals surface area contributed by atoms with Gasteiger partial charge in [-0.2, -0.15) is 0 Å². The van der Waals surface area contributed by atoms with Gasteiger partial charge in [0.05, 0.1) is 7.11 Å². The molecule has 6 heteroatoms. The van der Waals surface area contributed by atoms with Crippen molar-refractivity contribution in [1.29, 1.82) is 0 Å². The first kappa shape index (κ1) is 21.7. The van der Waals surface area contributed by atoms with Gasteiger partial charge in [-0.3, -0.25) is 4.79 Å². The van der Waals surface area contributed by atoms with E-state index >= 15 is 0 Å². The van der Waals surface area contributed by atoms with Crippen LogP contribution in [0.1, 0.15) is 96.8 Å². The van der Waals surface area contributed by atoms with Crippen LogP contribution in [0.15, 0.2) is 15.6 Å². The second kappa shape index (κ2) is 15.0. The van der Waals surface area contributed by atoms with Gasteiger partial charge in [-0.1, -0.05) is 58.3 Å². The van der Waals surface area contributed by atoms with Crippen molar-refractivity contribution in [3.63, 3.8) is 0 Å². The largest absolute Gasteiger partial charge is 0.469 e. The minimum atomic E-state index is -0.103. The Labute approximate surface area is 153 Å². The van der Waals surface area contributed by atoms with Crippen molar-refractivity contribution in [3.05, 3.63) is 0 Å². The molecular formula is C19H37N4O2+. The molecular weight excluding hydrogens is 316 g/mol. The van der Waals surface area contributed by atoms with E-state index in [1.165, 1.54) is 58.5 Å². The topological polar surface area (TPSA) is 66.4 Å². The number of methoxy groups -OCH3 is 1. The van der Waals surface area contributed by atoms with Crippen LogP contribution in [0.4, 0.5) is 0 Å². The molecule has 1 aliphatic rings. The molecule has 0 saturated heterocycles. The molecule has 1 rings (SSSR count). The van der Waals surface area contributed by atoms with Crippen LogP contribution in [0.25, 0.3) is 0 Å². The molecule has 0 fully saturated rings. The minimum Gasteiger partial charge on any atom is -0.469 e. The van der Waals surface area contributed by atoms with Crippen molar-refractivity contribution < 1.29 is 14.2 Å². The van der Waals surface area contributed by atoms with Crippen LogP contribution in [-0.4, -0.2) is 30.5 Å². The molecule has 1 heterocycles. The lowest BCUT2D eigenvalue weighted by atomic mass is 10.1. The number of carbonyl (C=O) groups excluding carboxylic acids is 1. The predicted molar refractivity (Wildman–Crippen MR) is 98.5 cm³/mol. The van der Waals surface area contributed by atoms with Gasteiger partial charge in [-0.15, -0.1) is 4.70 Å². The molecule has 0 radical (unpaired) electrons. The zero-order valence-electron chi connectivity index (χ0n) is 16.3. The van der Waals surface area contributed by atoms with Gasteiger partial charge < -0.3 is 4.74 Å². The Bertz CT molecular complexity index is 410. The summed E-state index contributed by atoms with van der Waals surface area (Å²) in [5.74, 6) is -0.103. The van der Waals surface area contributed by atoms with Crippen molar-refractivity contribution in [2.45, 2.75) is 103 Å². The van der Waals surface area contributed by atoms with Crippen molar-refractivity contribution in [2.75, 3.05) is 13.7 Å². The lowest BCUT2D eigenvalue weighted by Crippen LogP contribution is -2.21. The van der Waals surface area contributed by atoms with Crippen LogP contribution in [-0.2, 0) is 9.53 Å².